The van der Waals surface area contributed by atoms with Crippen LogP contribution in [0.5, 0.6) is 0 Å². The molecule has 12 heavy (non-hydrogen) atoms. The number of nitrogen functional groups attached to an aromatic ring is 1. The number of nitrogens with zero attached hydrogens (tertiary/aromatic N) is 1. The Morgan fingerprint density at radius 1 is 1.50 bits per heavy atom. The minimum Gasteiger partial charge on any atom is -0.393 e. The van der Waals surface area contributed by atoms with Gasteiger partial charge in [0.05, 0.1) is 4.92 Å². The van der Waals surface area contributed by atoms with E-state index in [0.717, 1.165) is 0 Å². The largest absolute Gasteiger partial charge is 0.393 e. The Morgan fingerprint density at radius 2 is 2.17 bits per heavy atom. The summed E-state index contributed by atoms with van der Waals surface area (Å²) in [4.78, 5) is 19.7. The van der Waals surface area contributed by atoms with Crippen LogP contribution in [0.4, 0.5) is 11.4 Å². The topological polar surface area (TPSA) is 86.2 Å². The fraction of sp³-hybridized carbons (Fsp3) is 0. The SMILES string of the molecule is Nc1cc([C]=O)ccc1[N+](=O)[O-]. The molecule has 1 aromatic carbocycles. The maximum absolute atomic E-state index is 10.2. The molecule has 0 saturated carbocycles. The fourth-order valence-corrected chi connectivity index (χ4v) is 0.784. The maximum Gasteiger partial charge on any atom is 0.292 e. The lowest BCUT2D eigenvalue weighted by atomic mass is 10.2. The Bertz CT molecular complexity index is 335. The highest BCUT2D eigenvalue weighted by atomic mass is 16.6. The second-order valence-electron chi connectivity index (χ2n) is 2.13. The van der Waals surface area contributed by atoms with Crippen LogP contribution in [-0.2, 0) is 4.79 Å². The molecule has 0 unspecified atom stereocenters. The number of rotatable bonds is 2. The van der Waals surface area contributed by atoms with Gasteiger partial charge in [0.25, 0.3) is 5.69 Å². The third-order valence-electron chi connectivity index (χ3n) is 1.34. The Morgan fingerprint density at radius 3 is 2.58 bits per heavy atom. The van der Waals surface area contributed by atoms with Crippen LogP contribution < -0.4 is 5.73 Å². The van der Waals surface area contributed by atoms with E-state index in [2.05, 4.69) is 0 Å². The predicted octanol–water partition coefficient (Wildman–Crippen LogP) is 0.635. The molecule has 0 aliphatic carbocycles. The van der Waals surface area contributed by atoms with Crippen molar-refractivity contribution in [2.45, 2.75) is 0 Å². The lowest BCUT2D eigenvalue weighted by Crippen LogP contribution is -1.96. The first kappa shape index (κ1) is 8.19. The molecular formula is C7H5N2O3. The van der Waals surface area contributed by atoms with E-state index in [9.17, 15) is 14.9 Å². The van der Waals surface area contributed by atoms with Crippen molar-refractivity contribution in [2.75, 3.05) is 5.73 Å². The Balaban J connectivity index is 3.20. The smallest absolute Gasteiger partial charge is 0.292 e. The Labute approximate surface area is 68.0 Å². The van der Waals surface area contributed by atoms with Gasteiger partial charge in [0.1, 0.15) is 5.69 Å². The summed E-state index contributed by atoms with van der Waals surface area (Å²) in [6.45, 7) is 0. The summed E-state index contributed by atoms with van der Waals surface area (Å²) in [5.41, 5.74) is 5.26. The van der Waals surface area contributed by atoms with Gasteiger partial charge in [0.2, 0.25) is 6.29 Å². The highest BCUT2D eigenvalue weighted by Gasteiger charge is 2.10. The highest BCUT2D eigenvalue weighted by molar-refractivity contribution is 5.79. The predicted molar refractivity (Wildman–Crippen MR) is 42.3 cm³/mol. The van der Waals surface area contributed by atoms with Crippen molar-refractivity contribution in [3.05, 3.63) is 33.9 Å². The van der Waals surface area contributed by atoms with E-state index in [4.69, 9.17) is 5.73 Å². The van der Waals surface area contributed by atoms with Gasteiger partial charge in [-0.25, -0.2) is 0 Å². The molecule has 5 heteroatoms. The molecule has 61 valence electrons. The summed E-state index contributed by atoms with van der Waals surface area (Å²) in [6, 6.07) is 3.68. The molecule has 5 nitrogen and oxygen atoms in total. The number of hydrogen-bond donors (Lipinski definition) is 1. The van der Waals surface area contributed by atoms with E-state index >= 15 is 0 Å². The van der Waals surface area contributed by atoms with Gasteiger partial charge >= 0.3 is 0 Å². The first-order chi connectivity index (χ1) is 5.65. The summed E-state index contributed by atoms with van der Waals surface area (Å²) in [5, 5.41) is 10.2. The fourth-order valence-electron chi connectivity index (χ4n) is 0.784. The Hall–Kier alpha value is -1.91. The van der Waals surface area contributed by atoms with E-state index in [-0.39, 0.29) is 16.9 Å². The van der Waals surface area contributed by atoms with Crippen molar-refractivity contribution < 1.29 is 9.72 Å². The van der Waals surface area contributed by atoms with Crippen LogP contribution in [0.25, 0.3) is 0 Å². The van der Waals surface area contributed by atoms with Crippen molar-refractivity contribution in [1.29, 1.82) is 0 Å². The summed E-state index contributed by atoms with van der Waals surface area (Å²) in [7, 11) is 0. The van der Waals surface area contributed by atoms with Crippen LogP contribution in [0, 0.1) is 10.1 Å². The molecular weight excluding hydrogens is 160 g/mol. The molecule has 2 N–H and O–H groups in total. The molecule has 0 amide bonds. The number of nitro benzene ring substituents is 1. The number of nitrogens with two attached hydrogens (primary N) is 1. The van der Waals surface area contributed by atoms with Crippen LogP contribution in [0.2, 0.25) is 0 Å². The summed E-state index contributed by atoms with van der Waals surface area (Å²) in [6.07, 6.45) is 1.58. The van der Waals surface area contributed by atoms with Crippen molar-refractivity contribution in [3.8, 4) is 0 Å². The zero-order valence-corrected chi connectivity index (χ0v) is 5.98. The quantitative estimate of drug-likeness (QED) is 0.395. The van der Waals surface area contributed by atoms with Crippen LogP contribution in [-0.4, -0.2) is 11.2 Å². The lowest BCUT2D eigenvalue weighted by molar-refractivity contribution is -0.383. The number of anilines is 1. The maximum atomic E-state index is 10.2. The zero-order valence-electron chi connectivity index (χ0n) is 5.98. The third kappa shape index (κ3) is 1.39. The van der Waals surface area contributed by atoms with E-state index in [1.807, 2.05) is 0 Å². The molecule has 1 aromatic rings. The van der Waals surface area contributed by atoms with E-state index in [1.165, 1.54) is 18.2 Å². The number of hydrogen-bond acceptors (Lipinski definition) is 4. The van der Waals surface area contributed by atoms with Gasteiger partial charge in [-0.1, -0.05) is 0 Å². The van der Waals surface area contributed by atoms with Gasteiger partial charge in [-0.3, -0.25) is 14.9 Å². The molecule has 0 spiro atoms. The first-order valence-corrected chi connectivity index (χ1v) is 3.07. The summed E-state index contributed by atoms with van der Waals surface area (Å²) < 4.78 is 0. The molecule has 1 radical (unpaired) electrons. The standard InChI is InChI=1S/C7H5N2O3/c8-6-3-5(4-10)1-2-7(6)9(11)12/h1-3H,8H2. The van der Waals surface area contributed by atoms with Gasteiger partial charge in [-0.05, 0) is 12.1 Å². The van der Waals surface area contributed by atoms with Crippen molar-refractivity contribution >= 4 is 17.7 Å². The minimum absolute atomic E-state index is 0.0270. The van der Waals surface area contributed by atoms with Crippen LogP contribution in [0.15, 0.2) is 18.2 Å². The second-order valence-corrected chi connectivity index (χ2v) is 2.13. The zero-order chi connectivity index (χ0) is 9.14. The highest BCUT2D eigenvalue weighted by Crippen LogP contribution is 2.20. The summed E-state index contributed by atoms with van der Waals surface area (Å²) in [5.74, 6) is 0. The van der Waals surface area contributed by atoms with Gasteiger partial charge in [0, 0.05) is 11.6 Å². The monoisotopic (exact) mass is 165 g/mol. The van der Waals surface area contributed by atoms with Crippen molar-refractivity contribution in [1.82, 2.24) is 0 Å². The van der Waals surface area contributed by atoms with E-state index < -0.39 is 4.92 Å². The van der Waals surface area contributed by atoms with Gasteiger partial charge in [0.15, 0.2) is 0 Å². The van der Waals surface area contributed by atoms with Crippen LogP contribution in [0.1, 0.15) is 5.56 Å². The molecule has 0 heterocycles. The molecule has 1 rings (SSSR count). The molecule has 0 atom stereocenters. The molecule has 0 aliphatic rings. The molecule has 0 aromatic heterocycles. The average Bonchev–Trinajstić information content (AvgIpc) is 2.03. The normalized spacial score (nSPS) is 9.33. The number of nitro groups is 1. The molecule has 0 aliphatic heterocycles. The second kappa shape index (κ2) is 3.00. The summed E-state index contributed by atoms with van der Waals surface area (Å²) >= 11 is 0. The van der Waals surface area contributed by atoms with Crippen LogP contribution in [0.3, 0.4) is 0 Å². The Kier molecular flexibility index (Phi) is 2.05. The number of carbonyl (C=O) groups excluding carboxylic acids is 1. The average molecular weight is 165 g/mol. The molecule has 0 bridgehead atoms. The third-order valence-corrected chi connectivity index (χ3v) is 1.34. The first-order valence-electron chi connectivity index (χ1n) is 3.07. The van der Waals surface area contributed by atoms with Crippen molar-refractivity contribution in [3.63, 3.8) is 0 Å². The molecule has 0 fully saturated rings. The van der Waals surface area contributed by atoms with Gasteiger partial charge in [-0.2, -0.15) is 0 Å². The minimum atomic E-state index is -0.607. The van der Waals surface area contributed by atoms with Crippen molar-refractivity contribution in [2.24, 2.45) is 0 Å². The lowest BCUT2D eigenvalue weighted by Gasteiger charge is -1.95. The van der Waals surface area contributed by atoms with Gasteiger partial charge < -0.3 is 5.73 Å². The van der Waals surface area contributed by atoms with Gasteiger partial charge in [-0.15, -0.1) is 0 Å². The van der Waals surface area contributed by atoms with E-state index in [0.29, 0.717) is 0 Å². The number of benzene rings is 1. The molecule has 0 saturated heterocycles. The van der Waals surface area contributed by atoms with Crippen LogP contribution >= 0.6 is 0 Å². The van der Waals surface area contributed by atoms with E-state index in [1.54, 1.807) is 6.29 Å².